The molecule has 6 nitrogen and oxygen atoms in total. The summed E-state index contributed by atoms with van der Waals surface area (Å²) in [5, 5.41) is 13.0. The number of amides is 1. The summed E-state index contributed by atoms with van der Waals surface area (Å²) in [7, 11) is 0. The van der Waals surface area contributed by atoms with E-state index in [1.54, 1.807) is 0 Å². The standard InChI is InChI=1S/C16H25N3O3/c1-3-19(4-2)10-9-17-15(21)13-14(20)11-7-5-6-8-12(11)18-16(13)22/h3-10H2,1-2H3,(H,17,21)(H2,18,20,22)/p+1. The van der Waals surface area contributed by atoms with Gasteiger partial charge in [0, 0.05) is 11.3 Å². The molecule has 2 rings (SSSR count). The average Bonchev–Trinajstić information content (AvgIpc) is 2.51. The zero-order chi connectivity index (χ0) is 16.1. The second-order valence-electron chi connectivity index (χ2n) is 5.80. The van der Waals surface area contributed by atoms with Gasteiger partial charge in [-0.1, -0.05) is 0 Å². The topological polar surface area (TPSA) is 86.6 Å². The summed E-state index contributed by atoms with van der Waals surface area (Å²) in [4.78, 5) is 28.4. The van der Waals surface area contributed by atoms with E-state index in [-0.39, 0.29) is 11.3 Å². The molecule has 0 saturated carbocycles. The fourth-order valence-electron chi connectivity index (χ4n) is 3.02. The van der Waals surface area contributed by atoms with Gasteiger partial charge in [0.2, 0.25) is 0 Å². The minimum absolute atomic E-state index is 0.133. The van der Waals surface area contributed by atoms with Crippen LogP contribution in [0.15, 0.2) is 4.79 Å². The highest BCUT2D eigenvalue weighted by molar-refractivity contribution is 5.96. The maximum absolute atomic E-state index is 12.2. The number of hydrogen-bond donors (Lipinski definition) is 4. The van der Waals surface area contributed by atoms with E-state index in [0.717, 1.165) is 50.2 Å². The second-order valence-corrected chi connectivity index (χ2v) is 5.80. The van der Waals surface area contributed by atoms with Crippen LogP contribution < -0.4 is 15.8 Å². The highest BCUT2D eigenvalue weighted by Gasteiger charge is 2.23. The van der Waals surface area contributed by atoms with Crippen molar-refractivity contribution in [2.75, 3.05) is 26.2 Å². The third-order valence-corrected chi connectivity index (χ3v) is 4.47. The molecule has 22 heavy (non-hydrogen) atoms. The number of carbonyl (C=O) groups excluding carboxylic acids is 1. The molecule has 1 amide bonds. The first-order valence-electron chi connectivity index (χ1n) is 8.17. The van der Waals surface area contributed by atoms with E-state index in [2.05, 4.69) is 24.1 Å². The number of pyridine rings is 1. The van der Waals surface area contributed by atoms with E-state index in [9.17, 15) is 14.7 Å². The lowest BCUT2D eigenvalue weighted by molar-refractivity contribution is -0.895. The maximum atomic E-state index is 12.2. The van der Waals surface area contributed by atoms with Crippen molar-refractivity contribution in [1.29, 1.82) is 0 Å². The molecule has 0 unspecified atom stereocenters. The molecule has 1 aromatic rings. The van der Waals surface area contributed by atoms with Crippen molar-refractivity contribution in [2.45, 2.75) is 39.5 Å². The van der Waals surface area contributed by atoms with E-state index < -0.39 is 11.5 Å². The Morgan fingerprint density at radius 3 is 2.64 bits per heavy atom. The predicted octanol–water partition coefficient (Wildman–Crippen LogP) is -0.386. The number of aromatic nitrogens is 1. The van der Waals surface area contributed by atoms with Gasteiger partial charge in [0.1, 0.15) is 11.3 Å². The molecule has 0 saturated heterocycles. The number of quaternary nitrogens is 1. The number of nitrogens with one attached hydrogen (secondary N) is 3. The summed E-state index contributed by atoms with van der Waals surface area (Å²) in [5.74, 6) is -0.621. The fraction of sp³-hybridized carbons (Fsp3) is 0.625. The van der Waals surface area contributed by atoms with Crippen molar-refractivity contribution in [3.05, 3.63) is 27.2 Å². The molecule has 6 heteroatoms. The highest BCUT2D eigenvalue weighted by Crippen LogP contribution is 2.28. The lowest BCUT2D eigenvalue weighted by Crippen LogP contribution is -3.12. The minimum atomic E-state index is -0.495. The quantitative estimate of drug-likeness (QED) is 0.577. The third kappa shape index (κ3) is 3.50. The summed E-state index contributed by atoms with van der Waals surface area (Å²) in [5.41, 5.74) is 0.865. The van der Waals surface area contributed by atoms with E-state index in [0.29, 0.717) is 13.0 Å². The summed E-state index contributed by atoms with van der Waals surface area (Å²) < 4.78 is 0. The number of H-pyrrole nitrogens is 1. The van der Waals surface area contributed by atoms with Gasteiger partial charge < -0.3 is 20.3 Å². The van der Waals surface area contributed by atoms with Gasteiger partial charge in [0.05, 0.1) is 26.2 Å². The number of fused-ring (bicyclic) bond motifs is 1. The first-order valence-corrected chi connectivity index (χ1v) is 8.17. The van der Waals surface area contributed by atoms with E-state index in [4.69, 9.17) is 0 Å². The van der Waals surface area contributed by atoms with Gasteiger partial charge in [-0.25, -0.2) is 0 Å². The smallest absolute Gasteiger partial charge is 0.264 e. The molecular weight excluding hydrogens is 282 g/mol. The average molecular weight is 308 g/mol. The number of aromatic amines is 1. The Kier molecular flexibility index (Phi) is 5.60. The summed E-state index contributed by atoms with van der Waals surface area (Å²) in [6, 6.07) is 0. The van der Waals surface area contributed by atoms with Crippen LogP contribution in [0.1, 0.15) is 48.3 Å². The van der Waals surface area contributed by atoms with E-state index in [1.807, 2.05) is 0 Å². The molecule has 4 N–H and O–H groups in total. The Morgan fingerprint density at radius 1 is 1.27 bits per heavy atom. The van der Waals surface area contributed by atoms with Gasteiger partial charge in [-0.3, -0.25) is 9.59 Å². The number of aromatic hydroxyl groups is 1. The second kappa shape index (κ2) is 7.45. The number of rotatable bonds is 6. The van der Waals surface area contributed by atoms with Gasteiger partial charge in [0.25, 0.3) is 11.5 Å². The molecule has 0 spiro atoms. The van der Waals surface area contributed by atoms with Crippen LogP contribution in [0.3, 0.4) is 0 Å². The van der Waals surface area contributed by atoms with Crippen LogP contribution in [0.25, 0.3) is 0 Å². The van der Waals surface area contributed by atoms with Crippen LogP contribution >= 0.6 is 0 Å². The van der Waals surface area contributed by atoms with Crippen molar-refractivity contribution >= 4 is 5.91 Å². The molecule has 1 heterocycles. The molecule has 0 aromatic carbocycles. The summed E-state index contributed by atoms with van der Waals surface area (Å²) >= 11 is 0. The Bertz CT molecular complexity index is 591. The third-order valence-electron chi connectivity index (χ3n) is 4.47. The van der Waals surface area contributed by atoms with Crippen molar-refractivity contribution in [3.8, 4) is 5.75 Å². The van der Waals surface area contributed by atoms with Crippen LogP contribution in [-0.2, 0) is 12.8 Å². The number of likely N-dealkylation sites (N-methyl/N-ethyl adjacent to an activating group) is 1. The van der Waals surface area contributed by atoms with Crippen LogP contribution in [-0.4, -0.2) is 42.2 Å². The number of hydrogen-bond acceptors (Lipinski definition) is 3. The highest BCUT2D eigenvalue weighted by atomic mass is 16.3. The summed E-state index contributed by atoms with van der Waals surface area (Å²) in [6.07, 6.45) is 3.44. The largest absolute Gasteiger partial charge is 0.507 e. The Labute approximate surface area is 130 Å². The van der Waals surface area contributed by atoms with Gasteiger partial charge in [-0.05, 0) is 39.5 Å². The Morgan fingerprint density at radius 2 is 1.95 bits per heavy atom. The van der Waals surface area contributed by atoms with Crippen molar-refractivity contribution in [3.63, 3.8) is 0 Å². The molecular formula is C16H26N3O3+. The van der Waals surface area contributed by atoms with Crippen molar-refractivity contribution in [2.24, 2.45) is 0 Å². The minimum Gasteiger partial charge on any atom is -0.507 e. The van der Waals surface area contributed by atoms with Gasteiger partial charge in [0.15, 0.2) is 0 Å². The molecule has 0 aliphatic heterocycles. The first-order chi connectivity index (χ1) is 10.6. The molecule has 1 aromatic heterocycles. The Hall–Kier alpha value is -1.82. The van der Waals surface area contributed by atoms with E-state index in [1.165, 1.54) is 4.90 Å². The molecule has 0 atom stereocenters. The molecule has 1 aliphatic carbocycles. The molecule has 122 valence electrons. The van der Waals surface area contributed by atoms with Gasteiger partial charge in [-0.2, -0.15) is 0 Å². The van der Waals surface area contributed by atoms with Crippen LogP contribution in [0, 0.1) is 0 Å². The van der Waals surface area contributed by atoms with Crippen LogP contribution in [0.2, 0.25) is 0 Å². The van der Waals surface area contributed by atoms with Crippen molar-refractivity contribution in [1.82, 2.24) is 10.3 Å². The normalized spacial score (nSPS) is 14.0. The predicted molar refractivity (Wildman–Crippen MR) is 84.6 cm³/mol. The molecule has 0 radical (unpaired) electrons. The molecule has 0 fully saturated rings. The van der Waals surface area contributed by atoms with Gasteiger partial charge in [-0.15, -0.1) is 0 Å². The van der Waals surface area contributed by atoms with Crippen LogP contribution in [0.4, 0.5) is 0 Å². The van der Waals surface area contributed by atoms with Crippen LogP contribution in [0.5, 0.6) is 5.75 Å². The molecule has 1 aliphatic rings. The Balaban J connectivity index is 2.11. The lowest BCUT2D eigenvalue weighted by Gasteiger charge is -2.18. The number of aryl methyl sites for hydroxylation is 1. The zero-order valence-corrected chi connectivity index (χ0v) is 13.4. The van der Waals surface area contributed by atoms with Gasteiger partial charge >= 0.3 is 0 Å². The van der Waals surface area contributed by atoms with E-state index >= 15 is 0 Å². The fourth-order valence-corrected chi connectivity index (χ4v) is 3.02. The maximum Gasteiger partial charge on any atom is 0.264 e. The monoisotopic (exact) mass is 308 g/mol. The number of carbonyl (C=O) groups is 1. The zero-order valence-electron chi connectivity index (χ0n) is 13.4. The molecule has 0 bridgehead atoms. The first kappa shape index (κ1) is 16.5. The van der Waals surface area contributed by atoms with Crippen molar-refractivity contribution < 1.29 is 14.8 Å². The SMILES string of the molecule is CC[NH+](CC)CCNC(=O)c1c(O)c2c([nH]c1=O)CCCC2. The summed E-state index contributed by atoms with van der Waals surface area (Å²) in [6.45, 7) is 7.49. The lowest BCUT2D eigenvalue weighted by atomic mass is 9.93.